The first kappa shape index (κ1) is 18.1. The summed E-state index contributed by atoms with van der Waals surface area (Å²) in [5, 5.41) is 0.890. The summed E-state index contributed by atoms with van der Waals surface area (Å²) in [6.07, 6.45) is 0. The van der Waals surface area contributed by atoms with Gasteiger partial charge in [-0.1, -0.05) is 45.0 Å². The molecule has 3 nitrogen and oxygen atoms in total. The average molecular weight is 347 g/mol. The van der Waals surface area contributed by atoms with E-state index < -0.39 is 0 Å². The fourth-order valence-corrected chi connectivity index (χ4v) is 3.51. The van der Waals surface area contributed by atoms with E-state index in [1.165, 1.54) is 5.56 Å². The van der Waals surface area contributed by atoms with Gasteiger partial charge in [-0.2, -0.15) is 0 Å². The summed E-state index contributed by atoms with van der Waals surface area (Å²) in [6, 6.07) is 13.6. The van der Waals surface area contributed by atoms with Gasteiger partial charge in [0.05, 0.1) is 16.8 Å². The van der Waals surface area contributed by atoms with Crippen molar-refractivity contribution in [2.24, 2.45) is 0 Å². The molecular weight excluding hydrogens is 322 g/mol. The topological polar surface area (TPSA) is 39.2 Å². The molecule has 0 amide bonds. The van der Waals surface area contributed by atoms with Gasteiger partial charge in [0.2, 0.25) is 0 Å². The van der Waals surface area contributed by atoms with Crippen molar-refractivity contribution in [3.63, 3.8) is 0 Å². The third-order valence-electron chi connectivity index (χ3n) is 4.66. The molecular formula is C23H25NO2. The van der Waals surface area contributed by atoms with E-state index in [0.29, 0.717) is 17.1 Å². The van der Waals surface area contributed by atoms with Gasteiger partial charge in [-0.05, 0) is 55.5 Å². The van der Waals surface area contributed by atoms with Crippen molar-refractivity contribution in [2.45, 2.75) is 47.0 Å². The maximum atomic E-state index is 12.6. The number of rotatable bonds is 3. The van der Waals surface area contributed by atoms with Gasteiger partial charge in [-0.25, -0.2) is 4.98 Å². The molecule has 0 spiro atoms. The van der Waals surface area contributed by atoms with E-state index in [1.54, 1.807) is 6.92 Å². The molecule has 1 heterocycles. The Morgan fingerprint density at radius 2 is 1.65 bits per heavy atom. The average Bonchev–Trinajstić information content (AvgIpc) is 2.55. The molecule has 3 aromatic rings. The molecule has 0 atom stereocenters. The Balaban J connectivity index is 2.34. The molecule has 3 rings (SSSR count). The molecule has 0 aliphatic heterocycles. The molecule has 0 N–H and O–H groups in total. The number of carbonyl (C=O) groups is 1. The lowest BCUT2D eigenvalue weighted by atomic mass is 9.82. The summed E-state index contributed by atoms with van der Waals surface area (Å²) in [6.45, 7) is 12.1. The zero-order chi connectivity index (χ0) is 19.1. The van der Waals surface area contributed by atoms with Crippen LogP contribution in [0.4, 0.5) is 0 Å². The van der Waals surface area contributed by atoms with Crippen molar-refractivity contribution in [2.75, 3.05) is 0 Å². The van der Waals surface area contributed by atoms with Crippen LogP contribution in [-0.2, 0) is 5.41 Å². The van der Waals surface area contributed by atoms with Gasteiger partial charge < -0.3 is 4.74 Å². The number of ketones is 1. The van der Waals surface area contributed by atoms with E-state index in [1.807, 2.05) is 43.3 Å². The highest BCUT2D eigenvalue weighted by atomic mass is 16.5. The Bertz CT molecular complexity index is 983. The van der Waals surface area contributed by atoms with Crippen LogP contribution in [0.5, 0.6) is 11.5 Å². The number of fused-ring (bicyclic) bond motifs is 1. The van der Waals surface area contributed by atoms with Crippen LogP contribution in [0.2, 0.25) is 0 Å². The molecule has 0 saturated carbocycles. The lowest BCUT2D eigenvalue weighted by molar-refractivity contribution is 0.101. The van der Waals surface area contributed by atoms with E-state index in [2.05, 4.69) is 33.8 Å². The number of aromatic nitrogens is 1. The van der Waals surface area contributed by atoms with Gasteiger partial charge in [0, 0.05) is 5.39 Å². The minimum absolute atomic E-state index is 0.0133. The fraction of sp³-hybridized carbons (Fsp3) is 0.304. The zero-order valence-corrected chi connectivity index (χ0v) is 16.3. The Labute approximate surface area is 155 Å². The summed E-state index contributed by atoms with van der Waals surface area (Å²) >= 11 is 0. The van der Waals surface area contributed by atoms with Crippen LogP contribution in [0.1, 0.15) is 54.9 Å². The van der Waals surface area contributed by atoms with Crippen LogP contribution in [0.25, 0.3) is 10.9 Å². The van der Waals surface area contributed by atoms with E-state index >= 15 is 0 Å². The molecule has 26 heavy (non-hydrogen) atoms. The molecule has 0 bridgehead atoms. The lowest BCUT2D eigenvalue weighted by Gasteiger charge is -2.24. The first-order valence-electron chi connectivity index (χ1n) is 8.88. The van der Waals surface area contributed by atoms with Crippen molar-refractivity contribution >= 4 is 16.7 Å². The number of hydrogen-bond acceptors (Lipinski definition) is 3. The Morgan fingerprint density at radius 3 is 2.23 bits per heavy atom. The summed E-state index contributed by atoms with van der Waals surface area (Å²) in [5.41, 5.74) is 4.44. The number of pyridine rings is 1. The molecule has 3 heteroatoms. The molecule has 0 fully saturated rings. The second-order valence-electron chi connectivity index (χ2n) is 7.75. The highest BCUT2D eigenvalue weighted by Gasteiger charge is 2.24. The van der Waals surface area contributed by atoms with Gasteiger partial charge >= 0.3 is 0 Å². The number of benzene rings is 2. The molecule has 2 aromatic carbocycles. The van der Waals surface area contributed by atoms with E-state index in [0.717, 1.165) is 22.2 Å². The maximum absolute atomic E-state index is 12.6. The molecule has 0 saturated heterocycles. The van der Waals surface area contributed by atoms with Gasteiger partial charge in [0.15, 0.2) is 11.5 Å². The normalized spacial score (nSPS) is 11.6. The van der Waals surface area contributed by atoms with Gasteiger partial charge in [0.25, 0.3) is 0 Å². The zero-order valence-electron chi connectivity index (χ0n) is 16.3. The molecule has 0 radical (unpaired) electrons. The molecule has 134 valence electrons. The number of ether oxygens (including phenoxy) is 1. The minimum atomic E-state index is -0.0162. The molecule has 1 aromatic heterocycles. The summed E-state index contributed by atoms with van der Waals surface area (Å²) in [7, 11) is 0. The van der Waals surface area contributed by atoms with Gasteiger partial charge in [-0.15, -0.1) is 0 Å². The van der Waals surface area contributed by atoms with Crippen molar-refractivity contribution in [1.29, 1.82) is 0 Å². The smallest absolute Gasteiger partial charge is 0.164 e. The Morgan fingerprint density at radius 1 is 1.00 bits per heavy atom. The first-order valence-corrected chi connectivity index (χ1v) is 8.88. The van der Waals surface area contributed by atoms with Crippen molar-refractivity contribution < 1.29 is 9.53 Å². The Hall–Kier alpha value is -2.68. The largest absolute Gasteiger partial charge is 0.455 e. The minimum Gasteiger partial charge on any atom is -0.455 e. The summed E-state index contributed by atoms with van der Waals surface area (Å²) in [5.74, 6) is 1.23. The number of carbonyl (C=O) groups excluding carboxylic acids is 1. The highest BCUT2D eigenvalue weighted by molar-refractivity contribution is 6.10. The van der Waals surface area contributed by atoms with Gasteiger partial charge in [0.1, 0.15) is 5.75 Å². The summed E-state index contributed by atoms with van der Waals surface area (Å²) < 4.78 is 6.11. The van der Waals surface area contributed by atoms with Crippen LogP contribution in [0, 0.1) is 13.8 Å². The van der Waals surface area contributed by atoms with E-state index in [9.17, 15) is 4.79 Å². The van der Waals surface area contributed by atoms with E-state index in [-0.39, 0.29) is 11.2 Å². The third-order valence-corrected chi connectivity index (χ3v) is 4.66. The van der Waals surface area contributed by atoms with Crippen LogP contribution in [0.15, 0.2) is 42.5 Å². The van der Waals surface area contributed by atoms with E-state index in [4.69, 9.17) is 9.72 Å². The number of para-hydroxylation sites is 1. The second kappa shape index (κ2) is 6.56. The van der Waals surface area contributed by atoms with Crippen LogP contribution in [-0.4, -0.2) is 10.8 Å². The Kier molecular flexibility index (Phi) is 4.57. The fourth-order valence-electron chi connectivity index (χ4n) is 3.51. The standard InChI is InChI=1S/C23H25NO2/c1-14-18(23(4,5)6)12-13-19-20(14)21(16(3)25)22(15(2)24-19)26-17-10-8-7-9-11-17/h7-13H,1-6H3. The predicted octanol–water partition coefficient (Wildman–Crippen LogP) is 6.14. The second-order valence-corrected chi connectivity index (χ2v) is 7.75. The van der Waals surface area contributed by atoms with Crippen LogP contribution in [0.3, 0.4) is 0 Å². The monoisotopic (exact) mass is 347 g/mol. The highest BCUT2D eigenvalue weighted by Crippen LogP contribution is 2.38. The quantitative estimate of drug-likeness (QED) is 0.534. The number of hydrogen-bond donors (Lipinski definition) is 0. The number of Topliss-reactive ketones (excluding diaryl/α,β-unsaturated/α-hetero) is 1. The maximum Gasteiger partial charge on any atom is 0.164 e. The van der Waals surface area contributed by atoms with Crippen molar-refractivity contribution in [1.82, 2.24) is 4.98 Å². The van der Waals surface area contributed by atoms with Crippen LogP contribution >= 0.6 is 0 Å². The van der Waals surface area contributed by atoms with Crippen molar-refractivity contribution in [3.8, 4) is 11.5 Å². The van der Waals surface area contributed by atoms with Crippen molar-refractivity contribution in [3.05, 3.63) is 64.8 Å². The predicted molar refractivity (Wildman–Crippen MR) is 106 cm³/mol. The van der Waals surface area contributed by atoms with Gasteiger partial charge in [-0.3, -0.25) is 4.79 Å². The molecule has 0 unspecified atom stereocenters. The van der Waals surface area contributed by atoms with Crippen LogP contribution < -0.4 is 4.74 Å². The first-order chi connectivity index (χ1) is 12.2. The molecule has 0 aliphatic rings. The lowest BCUT2D eigenvalue weighted by Crippen LogP contribution is -2.14. The number of aryl methyl sites for hydroxylation is 2. The third kappa shape index (κ3) is 3.22. The molecule has 0 aliphatic carbocycles. The SMILES string of the molecule is CC(=O)c1c(Oc2ccccc2)c(C)nc2ccc(C(C)(C)C)c(C)c12. The number of nitrogens with zero attached hydrogens (tertiary/aromatic N) is 1. The summed E-state index contributed by atoms with van der Waals surface area (Å²) in [4.78, 5) is 17.3.